The summed E-state index contributed by atoms with van der Waals surface area (Å²) in [6, 6.07) is 49.1. The van der Waals surface area contributed by atoms with Crippen molar-refractivity contribution in [3.63, 3.8) is 0 Å². The van der Waals surface area contributed by atoms with Crippen LogP contribution in [0.25, 0.3) is 76.5 Å². The lowest BCUT2D eigenvalue weighted by Gasteiger charge is -2.21. The molecule has 0 bridgehead atoms. The summed E-state index contributed by atoms with van der Waals surface area (Å²) in [5.41, 5.74) is 3.18. The second kappa shape index (κ2) is 16.6. The Kier molecular flexibility index (Phi) is 10.4. The van der Waals surface area contributed by atoms with E-state index >= 15 is 0 Å². The molecular formula is C50H36O10P2. The number of benzene rings is 8. The highest BCUT2D eigenvalue weighted by molar-refractivity contribution is 7.32. The molecular weight excluding hydrogens is 822 g/mol. The van der Waals surface area contributed by atoms with Crippen LogP contribution in [0.3, 0.4) is 0 Å². The zero-order valence-electron chi connectivity index (χ0n) is 33.4. The average molecular weight is 859 g/mol. The second-order valence-corrected chi connectivity index (χ2v) is 16.1. The van der Waals surface area contributed by atoms with Gasteiger partial charge in [-0.05, 0) is 71.8 Å². The fourth-order valence-electron chi connectivity index (χ4n) is 7.72. The van der Waals surface area contributed by atoms with E-state index in [0.29, 0.717) is 55.0 Å². The van der Waals surface area contributed by atoms with Crippen molar-refractivity contribution in [2.45, 2.75) is 13.8 Å². The summed E-state index contributed by atoms with van der Waals surface area (Å²) < 4.78 is 51.7. The monoisotopic (exact) mass is 858 g/mol. The Balaban J connectivity index is 1.34. The van der Waals surface area contributed by atoms with E-state index in [4.69, 9.17) is 35.3 Å². The van der Waals surface area contributed by atoms with Crippen LogP contribution in [-0.4, -0.2) is 25.2 Å². The van der Waals surface area contributed by atoms with Crippen LogP contribution in [0.15, 0.2) is 175 Å². The number of carbonyl (C=O) groups is 2. The normalized spacial score (nSPS) is 11.3. The first kappa shape index (κ1) is 38.8. The second-order valence-electron chi connectivity index (χ2n) is 14.1. The van der Waals surface area contributed by atoms with E-state index in [1.807, 2.05) is 146 Å². The molecule has 2 heterocycles. The molecule has 62 heavy (non-hydrogen) atoms. The summed E-state index contributed by atoms with van der Waals surface area (Å²) >= 11 is 0. The van der Waals surface area contributed by atoms with Gasteiger partial charge in [-0.3, -0.25) is 0 Å². The molecule has 0 aliphatic carbocycles. The van der Waals surface area contributed by atoms with Gasteiger partial charge in [0.1, 0.15) is 33.5 Å². The smallest absolute Gasteiger partial charge is 0.453 e. The summed E-state index contributed by atoms with van der Waals surface area (Å²) in [4.78, 5) is 28.6. The predicted octanol–water partition coefficient (Wildman–Crippen LogP) is 14.9. The van der Waals surface area contributed by atoms with Crippen LogP contribution in [0.4, 0.5) is 0 Å². The Bertz CT molecular complexity index is 3120. The molecule has 12 heteroatoms. The summed E-state index contributed by atoms with van der Waals surface area (Å²) in [7, 11) is -4.60. The molecule has 8 aromatic carbocycles. The molecule has 0 aliphatic heterocycles. The van der Waals surface area contributed by atoms with E-state index < -0.39 is 28.4 Å². The van der Waals surface area contributed by atoms with Crippen LogP contribution >= 0.6 is 16.5 Å². The first-order chi connectivity index (χ1) is 30.5. The number of fused-ring (bicyclic) bond motifs is 8. The summed E-state index contributed by atoms with van der Waals surface area (Å²) in [6.07, 6.45) is 0. The van der Waals surface area contributed by atoms with Gasteiger partial charge in [0.25, 0.3) is 0 Å². The molecule has 10 aromatic rings. The first-order valence-electron chi connectivity index (χ1n) is 20.0. The van der Waals surface area contributed by atoms with Crippen LogP contribution in [0, 0.1) is 0 Å². The molecule has 10 rings (SSSR count). The number of hydrogen-bond acceptors (Lipinski definition) is 10. The number of ether oxygens (including phenoxy) is 2. The van der Waals surface area contributed by atoms with Gasteiger partial charge >= 0.3 is 28.4 Å². The molecule has 0 fully saturated rings. The number of hydrogen-bond donors (Lipinski definition) is 0. The molecule has 0 unspecified atom stereocenters. The van der Waals surface area contributed by atoms with E-state index in [1.165, 1.54) is 0 Å². The van der Waals surface area contributed by atoms with E-state index in [1.54, 1.807) is 26.0 Å². The van der Waals surface area contributed by atoms with Gasteiger partial charge in [-0.15, -0.1) is 0 Å². The maximum Gasteiger partial charge on any atom is 0.453 e. The minimum Gasteiger partial charge on any atom is -0.462 e. The number of esters is 2. The van der Waals surface area contributed by atoms with E-state index in [9.17, 15) is 9.59 Å². The molecule has 0 N–H and O–H groups in total. The van der Waals surface area contributed by atoms with Gasteiger partial charge in [0.2, 0.25) is 0 Å². The van der Waals surface area contributed by atoms with Gasteiger partial charge in [0.05, 0.1) is 13.2 Å². The number of rotatable bonds is 9. The number of carbonyl (C=O) groups excluding carboxylic acids is 2. The third-order valence-electron chi connectivity index (χ3n) is 10.4. The molecule has 0 atom stereocenters. The number of para-hydroxylation sites is 4. The average Bonchev–Trinajstić information content (AvgIpc) is 3.56. The van der Waals surface area contributed by atoms with Crippen LogP contribution in [0.1, 0.15) is 34.6 Å². The maximum atomic E-state index is 14.3. The van der Waals surface area contributed by atoms with Crippen LogP contribution in [0.5, 0.6) is 11.5 Å². The molecule has 10 nitrogen and oxygen atoms in total. The Morgan fingerprint density at radius 1 is 0.419 bits per heavy atom. The Labute approximate surface area is 356 Å². The zero-order chi connectivity index (χ0) is 42.2. The van der Waals surface area contributed by atoms with Gasteiger partial charge in [-0.1, -0.05) is 121 Å². The molecule has 306 valence electrons. The standard InChI is InChI=1S/C50H36O10P2/c1-3-53-49(51)39-29-31-17-5-7-19-33(31)45(47(39)59-61-55-41-25-13-9-21-35(41)36-22-10-14-26-42(36)56-61)46-34-20-8-6-18-32(34)30-40(50(52)54-4-2)48(46)60-62-57-43-27-15-11-23-37(43)38-24-12-16-28-44(38)58-62/h5-30H,3-4H2,1-2H3. The Hall–Kier alpha value is -7.38. The van der Waals surface area contributed by atoms with Crippen LogP contribution in [0.2, 0.25) is 0 Å². The quantitative estimate of drug-likeness (QED) is 0.130. The molecule has 0 saturated heterocycles. The molecule has 0 spiro atoms. The highest BCUT2D eigenvalue weighted by atomic mass is 31.1. The largest absolute Gasteiger partial charge is 0.462 e. The molecule has 0 amide bonds. The zero-order valence-corrected chi connectivity index (χ0v) is 35.2. The summed E-state index contributed by atoms with van der Waals surface area (Å²) in [5, 5.41) is 5.99. The highest BCUT2D eigenvalue weighted by Gasteiger charge is 2.31. The third-order valence-corrected chi connectivity index (χ3v) is 12.4. The fraction of sp³-hybridized carbons (Fsp3) is 0.0800. The van der Waals surface area contributed by atoms with Crippen molar-refractivity contribution in [1.82, 2.24) is 0 Å². The van der Waals surface area contributed by atoms with Crippen molar-refractivity contribution in [3.05, 3.63) is 169 Å². The van der Waals surface area contributed by atoms with Crippen LogP contribution < -0.4 is 9.05 Å². The lowest BCUT2D eigenvalue weighted by Crippen LogP contribution is -2.09. The molecule has 0 aliphatic rings. The van der Waals surface area contributed by atoms with Crippen molar-refractivity contribution in [3.8, 4) is 22.6 Å². The van der Waals surface area contributed by atoms with Gasteiger partial charge < -0.3 is 35.3 Å². The van der Waals surface area contributed by atoms with Crippen molar-refractivity contribution in [2.75, 3.05) is 13.2 Å². The fourth-order valence-corrected chi connectivity index (χ4v) is 9.90. The van der Waals surface area contributed by atoms with Gasteiger partial charge in [0.15, 0.2) is 11.5 Å². The van der Waals surface area contributed by atoms with Crippen molar-refractivity contribution in [1.29, 1.82) is 0 Å². The molecule has 0 radical (unpaired) electrons. The molecule has 2 aromatic heterocycles. The maximum absolute atomic E-state index is 14.3. The lowest BCUT2D eigenvalue weighted by molar-refractivity contribution is 0.0514. The minimum atomic E-state index is -2.30. The lowest BCUT2D eigenvalue weighted by atomic mass is 9.89. The summed E-state index contributed by atoms with van der Waals surface area (Å²) in [6.45, 7) is 3.67. The van der Waals surface area contributed by atoms with Crippen LogP contribution in [-0.2, 0) is 9.47 Å². The van der Waals surface area contributed by atoms with E-state index in [-0.39, 0.29) is 35.8 Å². The predicted molar refractivity (Wildman–Crippen MR) is 243 cm³/mol. The van der Waals surface area contributed by atoms with E-state index in [0.717, 1.165) is 21.5 Å². The summed E-state index contributed by atoms with van der Waals surface area (Å²) in [5.74, 6) is -1.09. The molecule has 0 saturated carbocycles. The topological polar surface area (TPSA) is 124 Å². The van der Waals surface area contributed by atoms with E-state index in [2.05, 4.69) is 0 Å². The van der Waals surface area contributed by atoms with Crippen molar-refractivity contribution < 1.29 is 44.9 Å². The first-order valence-corrected chi connectivity index (χ1v) is 22.2. The van der Waals surface area contributed by atoms with Gasteiger partial charge in [-0.2, -0.15) is 0 Å². The highest BCUT2D eigenvalue weighted by Crippen LogP contribution is 2.53. The van der Waals surface area contributed by atoms with Gasteiger partial charge in [-0.25, -0.2) is 9.59 Å². The van der Waals surface area contributed by atoms with Gasteiger partial charge in [0, 0.05) is 32.7 Å². The Morgan fingerprint density at radius 3 is 1.03 bits per heavy atom. The minimum absolute atomic E-state index is 0.0901. The Morgan fingerprint density at radius 2 is 0.710 bits per heavy atom. The third kappa shape index (κ3) is 7.09. The SMILES string of the molecule is CCOC(=O)c1cc2ccccc2c(-c2c(Op3oc4ccccc4c4ccccc4o3)c(C(=O)OCC)cc3ccccc23)c1Op1oc2ccccc2c2ccccc2o1. The van der Waals surface area contributed by atoms with Crippen molar-refractivity contribution in [2.24, 2.45) is 0 Å². The van der Waals surface area contributed by atoms with Crippen molar-refractivity contribution >= 4 is 93.8 Å².